The van der Waals surface area contributed by atoms with Gasteiger partial charge >= 0.3 is 0 Å². The van der Waals surface area contributed by atoms with Gasteiger partial charge in [-0.2, -0.15) is 0 Å². The number of carbonyl (C=O) groups excluding carboxylic acids is 1. The molecule has 29 heavy (non-hydrogen) atoms. The van der Waals surface area contributed by atoms with Gasteiger partial charge in [-0.1, -0.05) is 60.1 Å². The van der Waals surface area contributed by atoms with Gasteiger partial charge in [0.25, 0.3) is 0 Å². The lowest BCUT2D eigenvalue weighted by Gasteiger charge is -2.10. The van der Waals surface area contributed by atoms with Crippen molar-refractivity contribution in [3.8, 4) is 5.75 Å². The van der Waals surface area contributed by atoms with Crippen LogP contribution < -0.4 is 15.4 Å². The SMILES string of the molecule is O=C(C=Cc1ccccc1Cl)NC(=S)Nc1ccc(OCc2ccccc2)cc1. The number of amides is 1. The molecular weight excluding hydrogens is 404 g/mol. The van der Waals surface area contributed by atoms with Gasteiger partial charge in [-0.15, -0.1) is 0 Å². The van der Waals surface area contributed by atoms with Gasteiger partial charge in [-0.25, -0.2) is 0 Å². The van der Waals surface area contributed by atoms with E-state index in [1.165, 1.54) is 6.08 Å². The zero-order chi connectivity index (χ0) is 20.5. The summed E-state index contributed by atoms with van der Waals surface area (Å²) in [7, 11) is 0. The van der Waals surface area contributed by atoms with Crippen LogP contribution in [-0.4, -0.2) is 11.0 Å². The highest BCUT2D eigenvalue weighted by Gasteiger charge is 2.03. The molecule has 0 aliphatic carbocycles. The van der Waals surface area contributed by atoms with Crippen LogP contribution >= 0.6 is 23.8 Å². The number of halogens is 1. The average molecular weight is 423 g/mol. The fraction of sp³-hybridized carbons (Fsp3) is 0.0435. The van der Waals surface area contributed by atoms with E-state index in [2.05, 4.69) is 10.6 Å². The number of benzene rings is 3. The minimum Gasteiger partial charge on any atom is -0.489 e. The monoisotopic (exact) mass is 422 g/mol. The highest BCUT2D eigenvalue weighted by molar-refractivity contribution is 7.80. The second kappa shape index (κ2) is 10.4. The Morgan fingerprint density at radius 3 is 2.38 bits per heavy atom. The smallest absolute Gasteiger partial charge is 0.250 e. The largest absolute Gasteiger partial charge is 0.489 e. The van der Waals surface area contributed by atoms with Crippen LogP contribution in [0.1, 0.15) is 11.1 Å². The van der Waals surface area contributed by atoms with Crippen LogP contribution in [-0.2, 0) is 11.4 Å². The molecule has 0 unspecified atom stereocenters. The van der Waals surface area contributed by atoms with Gasteiger partial charge in [0.2, 0.25) is 5.91 Å². The van der Waals surface area contributed by atoms with E-state index in [1.54, 1.807) is 12.1 Å². The first-order valence-corrected chi connectivity index (χ1v) is 9.70. The van der Waals surface area contributed by atoms with E-state index in [0.29, 0.717) is 11.6 Å². The molecule has 0 spiro atoms. The predicted octanol–water partition coefficient (Wildman–Crippen LogP) is 5.45. The fourth-order valence-corrected chi connectivity index (χ4v) is 2.88. The topological polar surface area (TPSA) is 50.4 Å². The van der Waals surface area contributed by atoms with Crippen LogP contribution in [0.4, 0.5) is 5.69 Å². The number of anilines is 1. The first-order valence-electron chi connectivity index (χ1n) is 8.91. The van der Waals surface area contributed by atoms with Crippen molar-refractivity contribution in [1.82, 2.24) is 5.32 Å². The normalized spacial score (nSPS) is 10.5. The molecule has 1 amide bonds. The van der Waals surface area contributed by atoms with E-state index in [0.717, 1.165) is 22.6 Å². The molecule has 2 N–H and O–H groups in total. The molecule has 146 valence electrons. The predicted molar refractivity (Wildman–Crippen MR) is 122 cm³/mol. The maximum Gasteiger partial charge on any atom is 0.250 e. The number of ether oxygens (including phenoxy) is 1. The van der Waals surface area contributed by atoms with Crippen LogP contribution in [0.3, 0.4) is 0 Å². The molecule has 0 atom stereocenters. The molecular formula is C23H19ClN2O2S. The minimum atomic E-state index is -0.342. The third kappa shape index (κ3) is 6.75. The van der Waals surface area contributed by atoms with Crippen molar-refractivity contribution in [3.63, 3.8) is 0 Å². The van der Waals surface area contributed by atoms with Gasteiger partial charge in [-0.3, -0.25) is 10.1 Å². The maximum atomic E-state index is 12.0. The Morgan fingerprint density at radius 1 is 0.966 bits per heavy atom. The number of carbonyl (C=O) groups is 1. The first kappa shape index (κ1) is 20.6. The lowest BCUT2D eigenvalue weighted by Crippen LogP contribution is -2.32. The van der Waals surface area contributed by atoms with Gasteiger partial charge in [-0.05, 0) is 59.8 Å². The number of hydrogen-bond acceptors (Lipinski definition) is 3. The van der Waals surface area contributed by atoms with Crippen LogP contribution in [0.25, 0.3) is 6.08 Å². The lowest BCUT2D eigenvalue weighted by molar-refractivity contribution is -0.115. The lowest BCUT2D eigenvalue weighted by atomic mass is 10.2. The molecule has 0 radical (unpaired) electrons. The summed E-state index contributed by atoms with van der Waals surface area (Å²) in [6, 6.07) is 24.6. The quantitative estimate of drug-likeness (QED) is 0.410. The Bertz CT molecular complexity index is 1000. The highest BCUT2D eigenvalue weighted by Crippen LogP contribution is 2.17. The van der Waals surface area contributed by atoms with Crippen molar-refractivity contribution in [2.24, 2.45) is 0 Å². The Kier molecular flexibility index (Phi) is 7.39. The summed E-state index contributed by atoms with van der Waals surface area (Å²) in [4.78, 5) is 12.0. The Morgan fingerprint density at radius 2 is 1.66 bits per heavy atom. The summed E-state index contributed by atoms with van der Waals surface area (Å²) >= 11 is 11.2. The first-order chi connectivity index (χ1) is 14.1. The van der Waals surface area contributed by atoms with E-state index in [-0.39, 0.29) is 11.0 Å². The second-order valence-electron chi connectivity index (χ2n) is 6.10. The molecule has 0 aliphatic heterocycles. The van der Waals surface area contributed by atoms with E-state index in [4.69, 9.17) is 28.6 Å². The number of nitrogens with one attached hydrogen (secondary N) is 2. The van der Waals surface area contributed by atoms with Crippen molar-refractivity contribution in [1.29, 1.82) is 0 Å². The number of hydrogen-bond donors (Lipinski definition) is 2. The van der Waals surface area contributed by atoms with Crippen molar-refractivity contribution in [3.05, 3.63) is 101 Å². The molecule has 3 aromatic carbocycles. The van der Waals surface area contributed by atoms with E-state index in [9.17, 15) is 4.79 Å². The summed E-state index contributed by atoms with van der Waals surface area (Å²) in [6.07, 6.45) is 3.02. The van der Waals surface area contributed by atoms with Crippen LogP contribution in [0.15, 0.2) is 84.9 Å². The van der Waals surface area contributed by atoms with Crippen molar-refractivity contribution < 1.29 is 9.53 Å². The summed E-state index contributed by atoms with van der Waals surface area (Å²) in [6.45, 7) is 0.500. The third-order valence-electron chi connectivity index (χ3n) is 3.92. The van der Waals surface area contributed by atoms with Crippen LogP contribution in [0, 0.1) is 0 Å². The van der Waals surface area contributed by atoms with Gasteiger partial charge in [0.05, 0.1) is 0 Å². The molecule has 0 aromatic heterocycles. The Hall–Kier alpha value is -3.15. The third-order valence-corrected chi connectivity index (χ3v) is 4.47. The van der Waals surface area contributed by atoms with Crippen LogP contribution in [0.5, 0.6) is 5.75 Å². The highest BCUT2D eigenvalue weighted by atomic mass is 35.5. The molecule has 4 nitrogen and oxygen atoms in total. The molecule has 6 heteroatoms. The molecule has 0 bridgehead atoms. The molecule has 3 rings (SSSR count). The molecule has 3 aromatic rings. The number of rotatable bonds is 6. The standard InChI is InChI=1S/C23H19ClN2O2S/c24-21-9-5-4-8-18(21)10-15-22(27)26-23(29)25-19-11-13-20(14-12-19)28-16-17-6-2-1-3-7-17/h1-15H,16H2,(H2,25,26,27,29). The fourth-order valence-electron chi connectivity index (χ4n) is 2.47. The number of thiocarbonyl (C=S) groups is 1. The Labute approximate surface area is 180 Å². The Balaban J connectivity index is 1.47. The van der Waals surface area contributed by atoms with Gasteiger partial charge in [0, 0.05) is 16.8 Å². The van der Waals surface area contributed by atoms with Gasteiger partial charge < -0.3 is 10.1 Å². The molecule has 0 saturated heterocycles. The summed E-state index contributed by atoms with van der Waals surface area (Å²) in [5.41, 5.74) is 2.61. The zero-order valence-corrected chi connectivity index (χ0v) is 17.0. The average Bonchev–Trinajstić information content (AvgIpc) is 2.73. The van der Waals surface area contributed by atoms with E-state index in [1.807, 2.05) is 72.8 Å². The van der Waals surface area contributed by atoms with E-state index < -0.39 is 0 Å². The molecule has 0 saturated carbocycles. The molecule has 0 aliphatic rings. The zero-order valence-electron chi connectivity index (χ0n) is 15.5. The van der Waals surface area contributed by atoms with Crippen LogP contribution in [0.2, 0.25) is 5.02 Å². The molecule has 0 fully saturated rings. The van der Waals surface area contributed by atoms with Gasteiger partial charge in [0.15, 0.2) is 5.11 Å². The van der Waals surface area contributed by atoms with E-state index >= 15 is 0 Å². The van der Waals surface area contributed by atoms with Crippen molar-refractivity contribution in [2.75, 3.05) is 5.32 Å². The minimum absolute atomic E-state index is 0.205. The van der Waals surface area contributed by atoms with Crippen molar-refractivity contribution >= 4 is 46.6 Å². The maximum absolute atomic E-state index is 12.0. The summed E-state index contributed by atoms with van der Waals surface area (Å²) in [5.74, 6) is 0.405. The molecule has 0 heterocycles. The van der Waals surface area contributed by atoms with Gasteiger partial charge in [0.1, 0.15) is 12.4 Å². The second-order valence-corrected chi connectivity index (χ2v) is 6.91. The van der Waals surface area contributed by atoms with Crippen molar-refractivity contribution in [2.45, 2.75) is 6.61 Å². The summed E-state index contributed by atoms with van der Waals surface area (Å²) in [5, 5.41) is 6.35. The summed E-state index contributed by atoms with van der Waals surface area (Å²) < 4.78 is 5.75.